The largest absolute Gasteiger partial charge is 0.399 e. The van der Waals surface area contributed by atoms with Crippen molar-refractivity contribution >= 4 is 16.5 Å². The fourth-order valence-corrected chi connectivity index (χ4v) is 3.34. The average Bonchev–Trinajstić information content (AvgIpc) is 2.70. The smallest absolute Gasteiger partial charge is 0.200 e. The van der Waals surface area contributed by atoms with E-state index in [1.807, 2.05) is 0 Å². The van der Waals surface area contributed by atoms with Crippen molar-refractivity contribution in [2.24, 2.45) is 0 Å². The lowest BCUT2D eigenvalue weighted by Crippen LogP contribution is -2.04. The Labute approximate surface area is 156 Å². The lowest BCUT2D eigenvalue weighted by atomic mass is 9.90. The van der Waals surface area contributed by atoms with Crippen LogP contribution in [0.25, 0.3) is 33.0 Å². The van der Waals surface area contributed by atoms with E-state index in [1.165, 1.54) is 12.1 Å². The summed E-state index contributed by atoms with van der Waals surface area (Å²) in [5.74, 6) is -9.88. The zero-order valence-electron chi connectivity index (χ0n) is 14.2. The number of hydrogen-bond acceptors (Lipinski definition) is 1. The molecule has 0 radical (unpaired) electrons. The van der Waals surface area contributed by atoms with Crippen molar-refractivity contribution in [1.82, 2.24) is 0 Å². The van der Waals surface area contributed by atoms with Gasteiger partial charge in [0.15, 0.2) is 23.3 Å². The third kappa shape index (κ3) is 2.69. The summed E-state index contributed by atoms with van der Waals surface area (Å²) >= 11 is 0. The zero-order valence-corrected chi connectivity index (χ0v) is 14.2. The highest BCUT2D eigenvalue weighted by Crippen LogP contribution is 2.40. The first-order chi connectivity index (χ1) is 13.4. The second-order valence-corrected chi connectivity index (χ2v) is 6.28. The molecule has 0 aliphatic carbocycles. The highest BCUT2D eigenvalue weighted by molar-refractivity contribution is 6.06. The average molecular weight is 385 g/mol. The van der Waals surface area contributed by atoms with Crippen LogP contribution in [0.3, 0.4) is 0 Å². The molecule has 0 aliphatic heterocycles. The van der Waals surface area contributed by atoms with Gasteiger partial charge in [-0.1, -0.05) is 48.5 Å². The molecule has 2 N–H and O–H groups in total. The monoisotopic (exact) mass is 385 g/mol. The molecule has 140 valence electrons. The Kier molecular flexibility index (Phi) is 4.26. The van der Waals surface area contributed by atoms with Crippen molar-refractivity contribution in [3.63, 3.8) is 0 Å². The van der Waals surface area contributed by atoms with Gasteiger partial charge < -0.3 is 5.73 Å². The van der Waals surface area contributed by atoms with Crippen LogP contribution in [0.5, 0.6) is 0 Å². The number of nitrogen functional groups attached to an aromatic ring is 1. The van der Waals surface area contributed by atoms with Gasteiger partial charge in [0.1, 0.15) is 0 Å². The van der Waals surface area contributed by atoms with Crippen molar-refractivity contribution in [2.75, 3.05) is 5.73 Å². The van der Waals surface area contributed by atoms with Crippen LogP contribution in [0, 0.1) is 29.1 Å². The van der Waals surface area contributed by atoms with E-state index in [9.17, 15) is 22.0 Å². The van der Waals surface area contributed by atoms with E-state index < -0.39 is 34.6 Å². The quantitative estimate of drug-likeness (QED) is 0.182. The Morgan fingerprint density at radius 1 is 0.571 bits per heavy atom. The molecule has 0 saturated carbocycles. The first-order valence-electron chi connectivity index (χ1n) is 8.29. The van der Waals surface area contributed by atoms with E-state index in [-0.39, 0.29) is 5.56 Å². The molecule has 0 unspecified atom stereocenters. The number of rotatable bonds is 2. The topological polar surface area (TPSA) is 26.0 Å². The molecule has 4 rings (SSSR count). The first kappa shape index (κ1) is 18.0. The Morgan fingerprint density at radius 2 is 1.11 bits per heavy atom. The molecule has 0 saturated heterocycles. The lowest BCUT2D eigenvalue weighted by molar-refractivity contribution is 0.381. The molecule has 4 aromatic carbocycles. The molecule has 28 heavy (non-hydrogen) atoms. The maximum atomic E-state index is 14.5. The summed E-state index contributed by atoms with van der Waals surface area (Å²) in [5, 5.41) is 0.945. The van der Waals surface area contributed by atoms with Gasteiger partial charge in [-0.2, -0.15) is 0 Å². The van der Waals surface area contributed by atoms with Crippen molar-refractivity contribution < 1.29 is 22.0 Å². The third-order valence-electron chi connectivity index (χ3n) is 4.58. The van der Waals surface area contributed by atoms with Crippen LogP contribution in [0.2, 0.25) is 0 Å². The summed E-state index contributed by atoms with van der Waals surface area (Å²) in [4.78, 5) is 0. The van der Waals surface area contributed by atoms with Gasteiger partial charge in [0.25, 0.3) is 0 Å². The zero-order chi connectivity index (χ0) is 20.0. The highest BCUT2D eigenvalue weighted by atomic mass is 19.2. The summed E-state index contributed by atoms with van der Waals surface area (Å²) in [6.07, 6.45) is 0. The normalized spacial score (nSPS) is 11.2. The van der Waals surface area contributed by atoms with E-state index in [4.69, 9.17) is 5.73 Å². The minimum Gasteiger partial charge on any atom is -0.399 e. The molecule has 4 aromatic rings. The molecule has 0 amide bonds. The molecular weight excluding hydrogens is 373 g/mol. The minimum absolute atomic E-state index is 0.0941. The first-order valence-corrected chi connectivity index (χ1v) is 8.29. The Hall–Kier alpha value is -3.41. The predicted octanol–water partition coefficient (Wildman–Crippen LogP) is 6.45. The van der Waals surface area contributed by atoms with Crippen LogP contribution < -0.4 is 5.73 Å². The van der Waals surface area contributed by atoms with Crippen molar-refractivity contribution in [2.45, 2.75) is 0 Å². The summed E-state index contributed by atoms with van der Waals surface area (Å²) < 4.78 is 70.0. The van der Waals surface area contributed by atoms with Crippen molar-refractivity contribution in [3.05, 3.63) is 89.7 Å². The molecular formula is C22H12F5N. The molecule has 0 bridgehead atoms. The van der Waals surface area contributed by atoms with Gasteiger partial charge in [-0.3, -0.25) is 0 Å². The standard InChI is InChI=1S/C22H12F5N/c23-18-17(19(24)21(26)22(27)20(18)25)15-9-3-5-11-4-2-8-14(16(11)15)12-6-1-7-13(28)10-12/h1-10H,28H2. The van der Waals surface area contributed by atoms with Crippen LogP contribution in [0.15, 0.2) is 60.7 Å². The molecule has 0 spiro atoms. The molecule has 0 heterocycles. The number of halogens is 5. The Morgan fingerprint density at radius 3 is 1.71 bits per heavy atom. The van der Waals surface area contributed by atoms with Gasteiger partial charge in [0.2, 0.25) is 5.82 Å². The van der Waals surface area contributed by atoms with Crippen molar-refractivity contribution in [3.8, 4) is 22.3 Å². The Balaban J connectivity index is 2.14. The summed E-state index contributed by atoms with van der Waals surface area (Å²) in [7, 11) is 0. The van der Waals surface area contributed by atoms with Gasteiger partial charge in [0.05, 0.1) is 5.56 Å². The molecule has 0 atom stereocenters. The van der Waals surface area contributed by atoms with Gasteiger partial charge in [-0.15, -0.1) is 0 Å². The fraction of sp³-hybridized carbons (Fsp3) is 0. The van der Waals surface area contributed by atoms with Gasteiger partial charge in [-0.05, 0) is 39.6 Å². The third-order valence-corrected chi connectivity index (χ3v) is 4.58. The number of hydrogen-bond donors (Lipinski definition) is 1. The SMILES string of the molecule is Nc1cccc(-c2cccc3cccc(-c4c(F)c(F)c(F)c(F)c4F)c23)c1. The number of anilines is 1. The van der Waals surface area contributed by atoms with Gasteiger partial charge in [-0.25, -0.2) is 22.0 Å². The Bertz CT molecular complexity index is 1200. The van der Waals surface area contributed by atoms with E-state index in [2.05, 4.69) is 0 Å². The maximum absolute atomic E-state index is 14.5. The van der Waals surface area contributed by atoms with Crippen LogP contribution in [-0.2, 0) is 0 Å². The summed E-state index contributed by atoms with van der Waals surface area (Å²) in [5.41, 5.74) is 6.47. The van der Waals surface area contributed by atoms with Crippen molar-refractivity contribution in [1.29, 1.82) is 0 Å². The van der Waals surface area contributed by atoms with E-state index in [1.54, 1.807) is 48.5 Å². The molecule has 0 aromatic heterocycles. The number of nitrogens with two attached hydrogens (primary N) is 1. The molecule has 6 heteroatoms. The van der Waals surface area contributed by atoms with Gasteiger partial charge >= 0.3 is 0 Å². The number of benzene rings is 4. The molecule has 0 aliphatic rings. The van der Waals surface area contributed by atoms with E-state index in [0.717, 1.165) is 0 Å². The summed E-state index contributed by atoms with van der Waals surface area (Å²) in [6, 6.07) is 16.5. The predicted molar refractivity (Wildman–Crippen MR) is 99.0 cm³/mol. The second-order valence-electron chi connectivity index (χ2n) is 6.28. The molecule has 1 nitrogen and oxygen atoms in total. The summed E-state index contributed by atoms with van der Waals surface area (Å²) in [6.45, 7) is 0. The molecule has 0 fully saturated rings. The number of fused-ring (bicyclic) bond motifs is 1. The second kappa shape index (κ2) is 6.64. The van der Waals surface area contributed by atoms with E-state index >= 15 is 0 Å². The van der Waals surface area contributed by atoms with E-state index in [0.29, 0.717) is 27.6 Å². The lowest BCUT2D eigenvalue weighted by Gasteiger charge is -2.15. The van der Waals surface area contributed by atoms with Crippen LogP contribution in [0.1, 0.15) is 0 Å². The maximum Gasteiger partial charge on any atom is 0.200 e. The van der Waals surface area contributed by atoms with Gasteiger partial charge in [0, 0.05) is 5.69 Å². The highest BCUT2D eigenvalue weighted by Gasteiger charge is 2.27. The fourth-order valence-electron chi connectivity index (χ4n) is 3.34. The van der Waals surface area contributed by atoms with Crippen LogP contribution in [-0.4, -0.2) is 0 Å². The van der Waals surface area contributed by atoms with Crippen LogP contribution >= 0.6 is 0 Å². The van der Waals surface area contributed by atoms with Crippen LogP contribution in [0.4, 0.5) is 27.6 Å². The minimum atomic E-state index is -2.19.